The molecular weight excluding hydrogens is 317 g/mol. The molecule has 1 amide bonds. The third-order valence-corrected chi connectivity index (χ3v) is 4.45. The number of nitrogens with one attached hydrogen (secondary N) is 1. The Kier molecular flexibility index (Phi) is 5.61. The Morgan fingerprint density at radius 2 is 2.30 bits per heavy atom. The van der Waals surface area contributed by atoms with Crippen molar-refractivity contribution >= 4 is 17.5 Å². The van der Waals surface area contributed by atoms with Crippen molar-refractivity contribution in [2.75, 3.05) is 13.1 Å². The number of rotatable bonds is 4. The van der Waals surface area contributed by atoms with E-state index in [-0.39, 0.29) is 17.8 Å². The summed E-state index contributed by atoms with van der Waals surface area (Å²) < 4.78 is 13.1. The molecule has 0 aliphatic carbocycles. The van der Waals surface area contributed by atoms with Crippen molar-refractivity contribution in [1.29, 1.82) is 5.26 Å². The number of nitriles is 1. The van der Waals surface area contributed by atoms with E-state index in [4.69, 9.17) is 16.9 Å². The van der Waals surface area contributed by atoms with Crippen molar-refractivity contribution in [3.05, 3.63) is 34.6 Å². The zero-order chi connectivity index (χ0) is 17.0. The minimum Gasteiger partial charge on any atom is -0.351 e. The lowest BCUT2D eigenvalue weighted by atomic mass is 9.93. The van der Waals surface area contributed by atoms with Gasteiger partial charge in [0.25, 0.3) is 0 Å². The van der Waals surface area contributed by atoms with Gasteiger partial charge < -0.3 is 5.32 Å². The van der Waals surface area contributed by atoms with Gasteiger partial charge in [0.05, 0.1) is 6.07 Å². The van der Waals surface area contributed by atoms with Crippen LogP contribution in [0.5, 0.6) is 0 Å². The molecule has 1 aliphatic heterocycles. The molecule has 1 fully saturated rings. The van der Waals surface area contributed by atoms with E-state index in [0.29, 0.717) is 18.1 Å². The number of piperidine rings is 1. The maximum atomic E-state index is 13.1. The van der Waals surface area contributed by atoms with E-state index >= 15 is 0 Å². The van der Waals surface area contributed by atoms with E-state index in [1.54, 1.807) is 19.9 Å². The second-order valence-electron chi connectivity index (χ2n) is 6.52. The lowest BCUT2D eigenvalue weighted by Gasteiger charge is -2.34. The van der Waals surface area contributed by atoms with Gasteiger partial charge in [0.1, 0.15) is 11.2 Å². The molecule has 1 atom stereocenters. The highest BCUT2D eigenvalue weighted by molar-refractivity contribution is 6.31. The summed E-state index contributed by atoms with van der Waals surface area (Å²) in [6.45, 7) is 5.44. The molecule has 1 unspecified atom stereocenters. The maximum absolute atomic E-state index is 13.1. The molecule has 0 radical (unpaired) electrons. The van der Waals surface area contributed by atoms with Crippen LogP contribution in [0.3, 0.4) is 0 Å². The average molecular weight is 338 g/mol. The lowest BCUT2D eigenvalue weighted by molar-refractivity contribution is -0.127. The van der Waals surface area contributed by atoms with Gasteiger partial charge in [-0.3, -0.25) is 9.69 Å². The van der Waals surface area contributed by atoms with Crippen LogP contribution in [0.1, 0.15) is 32.3 Å². The zero-order valence-corrected chi connectivity index (χ0v) is 14.2. The molecule has 1 saturated heterocycles. The summed E-state index contributed by atoms with van der Waals surface area (Å²) in [6.07, 6.45) is 1.84. The Bertz CT molecular complexity index is 627. The maximum Gasteiger partial charge on any atom is 0.240 e. The van der Waals surface area contributed by atoms with Crippen LogP contribution in [0.25, 0.3) is 0 Å². The number of carbonyl (C=O) groups is 1. The molecule has 4 nitrogen and oxygen atoms in total. The van der Waals surface area contributed by atoms with Crippen molar-refractivity contribution in [2.45, 2.75) is 39.3 Å². The Morgan fingerprint density at radius 1 is 1.57 bits per heavy atom. The van der Waals surface area contributed by atoms with Crippen LogP contribution in [-0.4, -0.2) is 29.9 Å². The molecule has 0 aromatic heterocycles. The van der Waals surface area contributed by atoms with Gasteiger partial charge in [-0.15, -0.1) is 0 Å². The zero-order valence-electron chi connectivity index (χ0n) is 13.4. The fourth-order valence-corrected chi connectivity index (χ4v) is 2.85. The Balaban J connectivity index is 1.96. The summed E-state index contributed by atoms with van der Waals surface area (Å²) in [4.78, 5) is 14.3. The van der Waals surface area contributed by atoms with Crippen molar-refractivity contribution in [2.24, 2.45) is 5.41 Å². The predicted molar refractivity (Wildman–Crippen MR) is 87.2 cm³/mol. The summed E-state index contributed by atoms with van der Waals surface area (Å²) in [5.41, 5.74) is -0.153. The molecule has 124 valence electrons. The first-order valence-corrected chi connectivity index (χ1v) is 8.08. The summed E-state index contributed by atoms with van der Waals surface area (Å²) >= 11 is 6.08. The first-order chi connectivity index (χ1) is 10.8. The average Bonchev–Trinajstić information content (AvgIpc) is 2.50. The predicted octanol–water partition coefficient (Wildman–Crippen LogP) is 3.11. The number of amides is 1. The molecule has 1 aliphatic rings. The highest BCUT2D eigenvalue weighted by atomic mass is 35.5. The number of nitrogens with zero attached hydrogens (tertiary/aromatic N) is 2. The van der Waals surface area contributed by atoms with Gasteiger partial charge in [0.2, 0.25) is 5.91 Å². The van der Waals surface area contributed by atoms with Gasteiger partial charge in [-0.25, -0.2) is 4.39 Å². The minimum absolute atomic E-state index is 0.0168. The molecule has 0 saturated carbocycles. The van der Waals surface area contributed by atoms with Crippen LogP contribution >= 0.6 is 11.6 Å². The number of carbonyl (C=O) groups excluding carboxylic acids is 1. The van der Waals surface area contributed by atoms with Gasteiger partial charge in [0, 0.05) is 24.2 Å². The van der Waals surface area contributed by atoms with Crippen LogP contribution in [0.15, 0.2) is 18.2 Å². The third kappa shape index (κ3) is 4.66. The van der Waals surface area contributed by atoms with Crippen LogP contribution in [0.4, 0.5) is 4.39 Å². The highest BCUT2D eigenvalue weighted by Crippen LogP contribution is 2.22. The monoisotopic (exact) mass is 337 g/mol. The first kappa shape index (κ1) is 17.7. The van der Waals surface area contributed by atoms with Crippen molar-refractivity contribution < 1.29 is 9.18 Å². The van der Waals surface area contributed by atoms with Crippen LogP contribution in [-0.2, 0) is 11.3 Å². The van der Waals surface area contributed by atoms with E-state index < -0.39 is 5.41 Å². The Morgan fingerprint density at radius 3 is 2.96 bits per heavy atom. The Hall–Kier alpha value is -1.64. The van der Waals surface area contributed by atoms with Crippen molar-refractivity contribution in [3.8, 4) is 6.07 Å². The fraction of sp³-hybridized carbons (Fsp3) is 0.529. The van der Waals surface area contributed by atoms with E-state index in [1.165, 1.54) is 12.1 Å². The lowest BCUT2D eigenvalue weighted by Crippen LogP contribution is -2.50. The van der Waals surface area contributed by atoms with Crippen LogP contribution < -0.4 is 5.32 Å². The van der Waals surface area contributed by atoms with E-state index in [2.05, 4.69) is 10.2 Å². The van der Waals surface area contributed by atoms with Gasteiger partial charge in [-0.05, 0) is 50.9 Å². The SMILES string of the molecule is CC(C)(C#N)C(=O)NC1CCCN(Cc2ccc(F)cc2Cl)C1. The first-order valence-electron chi connectivity index (χ1n) is 7.70. The third-order valence-electron chi connectivity index (χ3n) is 4.10. The van der Waals surface area contributed by atoms with E-state index in [9.17, 15) is 9.18 Å². The number of hydrogen-bond acceptors (Lipinski definition) is 3. The smallest absolute Gasteiger partial charge is 0.240 e. The molecule has 1 aromatic rings. The number of likely N-dealkylation sites (tertiary alicyclic amines) is 1. The summed E-state index contributed by atoms with van der Waals surface area (Å²) in [7, 11) is 0. The second-order valence-corrected chi connectivity index (χ2v) is 6.93. The molecule has 6 heteroatoms. The van der Waals surface area contributed by atoms with Gasteiger partial charge >= 0.3 is 0 Å². The largest absolute Gasteiger partial charge is 0.351 e. The Labute approximate surface area is 141 Å². The number of benzene rings is 1. The molecule has 23 heavy (non-hydrogen) atoms. The quantitative estimate of drug-likeness (QED) is 0.918. The highest BCUT2D eigenvalue weighted by Gasteiger charge is 2.30. The molecule has 1 heterocycles. The second kappa shape index (κ2) is 7.29. The van der Waals surface area contributed by atoms with E-state index in [1.807, 2.05) is 6.07 Å². The van der Waals surface area contributed by atoms with Gasteiger partial charge in [-0.2, -0.15) is 5.26 Å². The van der Waals surface area contributed by atoms with Gasteiger partial charge in [-0.1, -0.05) is 17.7 Å². The molecule has 0 bridgehead atoms. The normalized spacial score (nSPS) is 19.2. The van der Waals surface area contributed by atoms with Crippen molar-refractivity contribution in [1.82, 2.24) is 10.2 Å². The van der Waals surface area contributed by atoms with Crippen LogP contribution in [0, 0.1) is 22.6 Å². The summed E-state index contributed by atoms with van der Waals surface area (Å²) in [5.74, 6) is -0.590. The summed E-state index contributed by atoms with van der Waals surface area (Å²) in [5, 5.41) is 12.4. The molecule has 1 N–H and O–H groups in total. The molecular formula is C17H21ClFN3O. The molecule has 1 aromatic carbocycles. The topological polar surface area (TPSA) is 56.1 Å². The minimum atomic E-state index is -1.03. The fourth-order valence-electron chi connectivity index (χ4n) is 2.62. The summed E-state index contributed by atoms with van der Waals surface area (Å²) in [6, 6.07) is 6.44. The number of halogens is 2. The number of hydrogen-bond donors (Lipinski definition) is 1. The van der Waals surface area contributed by atoms with Crippen molar-refractivity contribution in [3.63, 3.8) is 0 Å². The molecule has 0 spiro atoms. The van der Waals surface area contributed by atoms with Crippen LogP contribution in [0.2, 0.25) is 5.02 Å². The van der Waals surface area contributed by atoms with E-state index in [0.717, 1.165) is 24.9 Å². The standard InChI is InChI=1S/C17H21ClFN3O/c1-17(2,11-20)16(23)21-14-4-3-7-22(10-14)9-12-5-6-13(19)8-15(12)18/h5-6,8,14H,3-4,7,9-10H2,1-2H3,(H,21,23). The van der Waals surface area contributed by atoms with Gasteiger partial charge in [0.15, 0.2) is 0 Å². The molecule has 2 rings (SSSR count).